The van der Waals surface area contributed by atoms with E-state index < -0.39 is 6.10 Å². The lowest BCUT2D eigenvalue weighted by atomic mass is 10.0. The summed E-state index contributed by atoms with van der Waals surface area (Å²) in [7, 11) is 0. The van der Waals surface area contributed by atoms with Crippen molar-refractivity contribution in [3.8, 4) is 5.75 Å². The topological polar surface area (TPSA) is 57.1 Å². The molecule has 1 aromatic carbocycles. The Labute approximate surface area is 90.9 Å². The van der Waals surface area contributed by atoms with Crippen molar-refractivity contribution in [1.82, 2.24) is 0 Å². The SMILES string of the molecule is CC(C)c1ccccc1OC[C@@H](O)C[NH3+]. The van der Waals surface area contributed by atoms with E-state index in [-0.39, 0.29) is 0 Å². The first kappa shape index (κ1) is 12.0. The molecule has 84 valence electrons. The minimum atomic E-state index is -0.481. The van der Waals surface area contributed by atoms with Crippen LogP contribution in [0.5, 0.6) is 5.75 Å². The number of para-hydroxylation sites is 1. The minimum absolute atomic E-state index is 0.313. The Bertz CT molecular complexity index is 299. The molecule has 0 radical (unpaired) electrons. The van der Waals surface area contributed by atoms with Crippen LogP contribution in [0.3, 0.4) is 0 Å². The molecule has 0 aliphatic rings. The summed E-state index contributed by atoms with van der Waals surface area (Å²) in [5.41, 5.74) is 4.80. The lowest BCUT2D eigenvalue weighted by Gasteiger charge is -2.14. The van der Waals surface area contributed by atoms with E-state index in [0.717, 1.165) is 5.75 Å². The van der Waals surface area contributed by atoms with Crippen LogP contribution in [0, 0.1) is 0 Å². The van der Waals surface area contributed by atoms with Crippen LogP contribution in [0.1, 0.15) is 25.3 Å². The number of ether oxygens (including phenoxy) is 1. The molecule has 3 heteroatoms. The number of quaternary nitrogens is 1. The highest BCUT2D eigenvalue weighted by atomic mass is 16.5. The molecular formula is C12H20NO2+. The number of hydrogen-bond acceptors (Lipinski definition) is 2. The van der Waals surface area contributed by atoms with Crippen molar-refractivity contribution in [3.63, 3.8) is 0 Å². The quantitative estimate of drug-likeness (QED) is 0.755. The molecule has 0 saturated heterocycles. The standard InChI is InChI=1S/C12H19NO2/c1-9(2)11-5-3-4-6-12(11)15-8-10(14)7-13/h3-6,9-10,14H,7-8,13H2,1-2H3/p+1/t10-/m0/s1. The van der Waals surface area contributed by atoms with Crippen LogP contribution in [-0.4, -0.2) is 24.4 Å². The molecule has 0 amide bonds. The fourth-order valence-corrected chi connectivity index (χ4v) is 1.36. The van der Waals surface area contributed by atoms with Gasteiger partial charge in [0.1, 0.15) is 25.0 Å². The van der Waals surface area contributed by atoms with Crippen LogP contribution in [0.15, 0.2) is 24.3 Å². The van der Waals surface area contributed by atoms with Crippen molar-refractivity contribution in [2.45, 2.75) is 25.9 Å². The number of aliphatic hydroxyl groups excluding tert-OH is 1. The zero-order valence-corrected chi connectivity index (χ0v) is 9.44. The van der Waals surface area contributed by atoms with Crippen LogP contribution in [0.25, 0.3) is 0 Å². The molecule has 0 fully saturated rings. The van der Waals surface area contributed by atoms with Gasteiger partial charge in [0.2, 0.25) is 0 Å². The average molecular weight is 210 g/mol. The van der Waals surface area contributed by atoms with Crippen molar-refractivity contribution in [1.29, 1.82) is 0 Å². The van der Waals surface area contributed by atoms with E-state index in [1.807, 2.05) is 18.2 Å². The molecule has 0 aliphatic carbocycles. The number of benzene rings is 1. The van der Waals surface area contributed by atoms with Gasteiger partial charge in [-0.3, -0.25) is 0 Å². The molecule has 0 saturated carbocycles. The molecule has 3 nitrogen and oxygen atoms in total. The number of aliphatic hydroxyl groups is 1. The highest BCUT2D eigenvalue weighted by molar-refractivity contribution is 5.35. The maximum Gasteiger partial charge on any atom is 0.136 e. The molecule has 1 rings (SSSR count). The van der Waals surface area contributed by atoms with Crippen LogP contribution >= 0.6 is 0 Å². The number of hydrogen-bond donors (Lipinski definition) is 2. The molecule has 0 spiro atoms. The summed E-state index contributed by atoms with van der Waals surface area (Å²) >= 11 is 0. The summed E-state index contributed by atoms with van der Waals surface area (Å²) in [6.45, 7) is 5.04. The molecule has 0 unspecified atom stereocenters. The van der Waals surface area contributed by atoms with E-state index in [1.165, 1.54) is 5.56 Å². The summed E-state index contributed by atoms with van der Waals surface area (Å²) in [5.74, 6) is 1.29. The Kier molecular flexibility index (Phi) is 4.59. The van der Waals surface area contributed by atoms with Crippen LogP contribution in [0.2, 0.25) is 0 Å². The first-order valence-corrected chi connectivity index (χ1v) is 5.34. The summed E-state index contributed by atoms with van der Waals surface area (Å²) in [5, 5.41) is 9.36. The third kappa shape index (κ3) is 3.53. The lowest BCUT2D eigenvalue weighted by molar-refractivity contribution is -0.384. The van der Waals surface area contributed by atoms with Gasteiger partial charge in [0.05, 0.1) is 0 Å². The predicted molar refractivity (Wildman–Crippen MR) is 59.8 cm³/mol. The lowest BCUT2D eigenvalue weighted by Crippen LogP contribution is -2.56. The van der Waals surface area contributed by atoms with Crippen LogP contribution in [-0.2, 0) is 0 Å². The molecule has 1 aromatic rings. The third-order valence-electron chi connectivity index (χ3n) is 2.31. The Morgan fingerprint density at radius 2 is 2.00 bits per heavy atom. The van der Waals surface area contributed by atoms with Gasteiger partial charge in [0, 0.05) is 0 Å². The summed E-state index contributed by atoms with van der Waals surface area (Å²) < 4.78 is 5.56. The Hall–Kier alpha value is -1.06. The molecule has 0 aromatic heterocycles. The van der Waals surface area contributed by atoms with E-state index in [9.17, 15) is 5.11 Å². The average Bonchev–Trinajstić information content (AvgIpc) is 2.26. The first-order valence-electron chi connectivity index (χ1n) is 5.34. The highest BCUT2D eigenvalue weighted by Gasteiger charge is 2.09. The van der Waals surface area contributed by atoms with Gasteiger partial charge < -0.3 is 15.6 Å². The monoisotopic (exact) mass is 210 g/mol. The Morgan fingerprint density at radius 3 is 2.60 bits per heavy atom. The van der Waals surface area contributed by atoms with E-state index >= 15 is 0 Å². The maximum atomic E-state index is 9.36. The van der Waals surface area contributed by atoms with Gasteiger partial charge in [-0.25, -0.2) is 0 Å². The zero-order chi connectivity index (χ0) is 11.3. The fraction of sp³-hybridized carbons (Fsp3) is 0.500. The molecule has 4 N–H and O–H groups in total. The normalized spacial score (nSPS) is 12.9. The molecular weight excluding hydrogens is 190 g/mol. The number of rotatable bonds is 5. The largest absolute Gasteiger partial charge is 0.490 e. The van der Waals surface area contributed by atoms with Crippen molar-refractivity contribution in [2.75, 3.05) is 13.2 Å². The van der Waals surface area contributed by atoms with Gasteiger partial charge >= 0.3 is 0 Å². The maximum absolute atomic E-state index is 9.36. The molecule has 15 heavy (non-hydrogen) atoms. The Balaban J connectivity index is 2.67. The Morgan fingerprint density at radius 1 is 1.33 bits per heavy atom. The summed E-state index contributed by atoms with van der Waals surface area (Å²) in [6, 6.07) is 7.93. The molecule has 0 aliphatic heterocycles. The smallest absolute Gasteiger partial charge is 0.136 e. The second kappa shape index (κ2) is 5.73. The second-order valence-corrected chi connectivity index (χ2v) is 3.95. The summed E-state index contributed by atoms with van der Waals surface area (Å²) in [4.78, 5) is 0. The molecule has 1 atom stereocenters. The highest BCUT2D eigenvalue weighted by Crippen LogP contribution is 2.25. The van der Waals surface area contributed by atoms with E-state index in [0.29, 0.717) is 19.1 Å². The molecule has 0 bridgehead atoms. The van der Waals surface area contributed by atoms with Gasteiger partial charge in [-0.05, 0) is 17.5 Å². The van der Waals surface area contributed by atoms with E-state index in [4.69, 9.17) is 4.74 Å². The third-order valence-corrected chi connectivity index (χ3v) is 2.31. The van der Waals surface area contributed by atoms with Crippen molar-refractivity contribution < 1.29 is 15.6 Å². The van der Waals surface area contributed by atoms with Crippen molar-refractivity contribution in [2.24, 2.45) is 0 Å². The zero-order valence-electron chi connectivity index (χ0n) is 9.44. The van der Waals surface area contributed by atoms with Crippen LogP contribution < -0.4 is 10.5 Å². The van der Waals surface area contributed by atoms with Gasteiger partial charge in [0.25, 0.3) is 0 Å². The van der Waals surface area contributed by atoms with Crippen molar-refractivity contribution >= 4 is 0 Å². The van der Waals surface area contributed by atoms with Crippen LogP contribution in [0.4, 0.5) is 0 Å². The van der Waals surface area contributed by atoms with Gasteiger partial charge in [-0.2, -0.15) is 0 Å². The van der Waals surface area contributed by atoms with Gasteiger partial charge in [0.15, 0.2) is 0 Å². The molecule has 0 heterocycles. The van der Waals surface area contributed by atoms with E-state index in [1.54, 1.807) is 0 Å². The van der Waals surface area contributed by atoms with Gasteiger partial charge in [-0.1, -0.05) is 32.0 Å². The fourth-order valence-electron chi connectivity index (χ4n) is 1.36. The van der Waals surface area contributed by atoms with Gasteiger partial charge in [-0.15, -0.1) is 0 Å². The first-order chi connectivity index (χ1) is 7.15. The van der Waals surface area contributed by atoms with E-state index in [2.05, 4.69) is 25.6 Å². The summed E-state index contributed by atoms with van der Waals surface area (Å²) in [6.07, 6.45) is -0.481. The van der Waals surface area contributed by atoms with Crippen molar-refractivity contribution in [3.05, 3.63) is 29.8 Å². The minimum Gasteiger partial charge on any atom is -0.490 e. The second-order valence-electron chi connectivity index (χ2n) is 3.95. The predicted octanol–water partition coefficient (Wildman–Crippen LogP) is 0.792.